The molecule has 0 unspecified atom stereocenters. The molecule has 0 spiro atoms. The molecule has 0 amide bonds. The van der Waals surface area contributed by atoms with Crippen LogP contribution in [0.25, 0.3) is 16.6 Å². The van der Waals surface area contributed by atoms with Crippen LogP contribution in [0.15, 0.2) is 52.7 Å². The molecule has 0 aliphatic rings. The molecule has 0 aliphatic carbocycles. The minimum absolute atomic E-state index is 0.247. The van der Waals surface area contributed by atoms with Gasteiger partial charge in [0.25, 0.3) is 5.56 Å². The van der Waals surface area contributed by atoms with Crippen LogP contribution in [0.4, 0.5) is 0 Å². The highest BCUT2D eigenvalue weighted by atomic mass is 35.5. The number of halogens is 1. The number of nitrogens with zero attached hydrogens (tertiary/aromatic N) is 4. The lowest BCUT2D eigenvalue weighted by Gasteiger charge is -2.09. The summed E-state index contributed by atoms with van der Waals surface area (Å²) in [4.78, 5) is 19.9. The van der Waals surface area contributed by atoms with Crippen LogP contribution in [0.5, 0.6) is 11.5 Å². The van der Waals surface area contributed by atoms with E-state index in [1.807, 2.05) is 22.8 Å². The van der Waals surface area contributed by atoms with Gasteiger partial charge in [0.1, 0.15) is 12.2 Å². The number of aromatic nitrogens is 5. The maximum Gasteiger partial charge on any atom is 0.258 e. The largest absolute Gasteiger partial charge is 0.493 e. The molecule has 2 aromatic heterocycles. The van der Waals surface area contributed by atoms with Gasteiger partial charge in [-0.3, -0.25) is 9.36 Å². The minimum Gasteiger partial charge on any atom is -0.493 e. The van der Waals surface area contributed by atoms with Crippen molar-refractivity contribution in [2.75, 3.05) is 14.2 Å². The molecule has 1 N–H and O–H groups in total. The lowest BCUT2D eigenvalue weighted by Crippen LogP contribution is -2.12. The number of aromatic amines is 1. The Kier molecular flexibility index (Phi) is 5.41. The van der Waals surface area contributed by atoms with E-state index in [0.717, 1.165) is 5.69 Å². The lowest BCUT2D eigenvalue weighted by molar-refractivity contribution is 0.355. The predicted octanol–water partition coefficient (Wildman–Crippen LogP) is 3.47. The van der Waals surface area contributed by atoms with E-state index in [2.05, 4.69) is 20.2 Å². The first-order chi connectivity index (χ1) is 14.1. The molecule has 0 bridgehead atoms. The second-order valence-electron chi connectivity index (χ2n) is 5.99. The summed E-state index contributed by atoms with van der Waals surface area (Å²) in [6.45, 7) is 0. The Morgan fingerprint density at radius 3 is 2.72 bits per heavy atom. The number of rotatable bonds is 6. The molecule has 0 saturated heterocycles. The van der Waals surface area contributed by atoms with Crippen molar-refractivity contribution in [1.82, 2.24) is 24.7 Å². The molecule has 2 heterocycles. The number of methoxy groups -OCH3 is 2. The first kappa shape index (κ1) is 19.3. The molecule has 0 atom stereocenters. The van der Waals surface area contributed by atoms with Crippen molar-refractivity contribution in [2.45, 2.75) is 10.9 Å². The molecule has 4 aromatic rings. The summed E-state index contributed by atoms with van der Waals surface area (Å²) in [5, 5.41) is 9.83. The number of H-pyrrole nitrogens is 1. The third kappa shape index (κ3) is 3.92. The van der Waals surface area contributed by atoms with Gasteiger partial charge >= 0.3 is 0 Å². The zero-order chi connectivity index (χ0) is 20.4. The van der Waals surface area contributed by atoms with Crippen LogP contribution in [0.1, 0.15) is 5.82 Å². The molecule has 2 aromatic carbocycles. The van der Waals surface area contributed by atoms with E-state index in [4.69, 9.17) is 21.1 Å². The van der Waals surface area contributed by atoms with E-state index in [9.17, 15) is 4.79 Å². The van der Waals surface area contributed by atoms with Crippen molar-refractivity contribution in [3.05, 3.63) is 63.9 Å². The highest BCUT2D eigenvalue weighted by Gasteiger charge is 2.13. The lowest BCUT2D eigenvalue weighted by atomic mass is 10.2. The third-order valence-corrected chi connectivity index (χ3v) is 5.39. The smallest absolute Gasteiger partial charge is 0.258 e. The highest BCUT2D eigenvalue weighted by Crippen LogP contribution is 2.30. The van der Waals surface area contributed by atoms with Crippen LogP contribution < -0.4 is 15.0 Å². The quantitative estimate of drug-likeness (QED) is 0.469. The number of fused-ring (bicyclic) bond motifs is 1. The average molecular weight is 430 g/mol. The van der Waals surface area contributed by atoms with E-state index in [1.165, 1.54) is 26.0 Å². The van der Waals surface area contributed by atoms with Gasteiger partial charge in [-0.25, -0.2) is 4.98 Å². The van der Waals surface area contributed by atoms with Crippen LogP contribution >= 0.6 is 23.4 Å². The molecular formula is C19H16ClN5O3S. The number of benzene rings is 2. The maximum absolute atomic E-state index is 12.5. The Bertz CT molecular complexity index is 1240. The standard InChI is InChI=1S/C19H16ClN5O3S/c1-27-15-7-13-14(8-16(15)28-2)22-17(23-18(13)26)9-29-19-24-21-10-25(19)12-5-3-4-11(20)6-12/h3-8,10H,9H2,1-2H3,(H,22,23,26). The first-order valence-corrected chi connectivity index (χ1v) is 9.89. The Balaban J connectivity index is 1.63. The maximum atomic E-state index is 12.5. The van der Waals surface area contributed by atoms with Gasteiger partial charge in [0.2, 0.25) is 0 Å². The van der Waals surface area contributed by atoms with Gasteiger partial charge in [0, 0.05) is 11.1 Å². The van der Waals surface area contributed by atoms with Crippen molar-refractivity contribution in [3.63, 3.8) is 0 Å². The summed E-state index contributed by atoms with van der Waals surface area (Å²) >= 11 is 7.48. The van der Waals surface area contributed by atoms with Crippen molar-refractivity contribution < 1.29 is 9.47 Å². The molecular weight excluding hydrogens is 414 g/mol. The monoisotopic (exact) mass is 429 g/mol. The summed E-state index contributed by atoms with van der Waals surface area (Å²) in [7, 11) is 3.06. The number of ether oxygens (including phenoxy) is 2. The Morgan fingerprint density at radius 2 is 1.97 bits per heavy atom. The fourth-order valence-electron chi connectivity index (χ4n) is 2.84. The van der Waals surface area contributed by atoms with Crippen LogP contribution in [0.3, 0.4) is 0 Å². The van der Waals surface area contributed by atoms with Crippen LogP contribution in [0, 0.1) is 0 Å². The summed E-state index contributed by atoms with van der Waals surface area (Å²) < 4.78 is 12.4. The predicted molar refractivity (Wildman–Crippen MR) is 111 cm³/mol. The summed E-state index contributed by atoms with van der Waals surface area (Å²) in [5.74, 6) is 1.90. The van der Waals surface area contributed by atoms with Crippen molar-refractivity contribution in [1.29, 1.82) is 0 Å². The van der Waals surface area contributed by atoms with Crippen molar-refractivity contribution in [2.24, 2.45) is 0 Å². The van der Waals surface area contributed by atoms with E-state index < -0.39 is 0 Å². The number of thioether (sulfide) groups is 1. The first-order valence-electron chi connectivity index (χ1n) is 8.52. The van der Waals surface area contributed by atoms with Crippen LogP contribution in [-0.2, 0) is 5.75 Å². The molecule has 29 heavy (non-hydrogen) atoms. The van der Waals surface area contributed by atoms with Gasteiger partial charge in [0.15, 0.2) is 16.7 Å². The van der Waals surface area contributed by atoms with Gasteiger partial charge in [-0.2, -0.15) is 0 Å². The molecule has 0 fully saturated rings. The normalized spacial score (nSPS) is 11.0. The second kappa shape index (κ2) is 8.14. The molecule has 0 radical (unpaired) electrons. The van der Waals surface area contributed by atoms with E-state index in [0.29, 0.717) is 44.2 Å². The van der Waals surface area contributed by atoms with Gasteiger partial charge in [-0.05, 0) is 24.3 Å². The fraction of sp³-hybridized carbons (Fsp3) is 0.158. The molecule has 0 aliphatic heterocycles. The summed E-state index contributed by atoms with van der Waals surface area (Å²) in [6, 6.07) is 10.7. The number of nitrogens with one attached hydrogen (secondary N) is 1. The van der Waals surface area contributed by atoms with Gasteiger partial charge in [-0.15, -0.1) is 10.2 Å². The van der Waals surface area contributed by atoms with Crippen LogP contribution in [0.2, 0.25) is 5.02 Å². The number of hydrogen-bond acceptors (Lipinski definition) is 7. The van der Waals surface area contributed by atoms with E-state index >= 15 is 0 Å². The Labute approximate surface area is 174 Å². The molecule has 4 rings (SSSR count). The average Bonchev–Trinajstić information content (AvgIpc) is 3.20. The van der Waals surface area contributed by atoms with Crippen LogP contribution in [-0.4, -0.2) is 39.0 Å². The van der Waals surface area contributed by atoms with Crippen molar-refractivity contribution >= 4 is 34.3 Å². The number of hydrogen-bond donors (Lipinski definition) is 1. The SMILES string of the molecule is COc1cc2nc(CSc3nncn3-c3cccc(Cl)c3)[nH]c(=O)c2cc1OC. The van der Waals surface area contributed by atoms with E-state index in [-0.39, 0.29) is 5.56 Å². The zero-order valence-corrected chi connectivity index (χ0v) is 17.1. The fourth-order valence-corrected chi connectivity index (χ4v) is 3.83. The Hall–Kier alpha value is -3.04. The van der Waals surface area contributed by atoms with E-state index in [1.54, 1.807) is 24.5 Å². The third-order valence-electron chi connectivity index (χ3n) is 4.20. The molecule has 8 nitrogen and oxygen atoms in total. The minimum atomic E-state index is -0.247. The second-order valence-corrected chi connectivity index (χ2v) is 7.37. The van der Waals surface area contributed by atoms with Gasteiger partial charge in [0.05, 0.1) is 36.6 Å². The molecule has 148 valence electrons. The highest BCUT2D eigenvalue weighted by molar-refractivity contribution is 7.98. The van der Waals surface area contributed by atoms with Gasteiger partial charge < -0.3 is 14.5 Å². The van der Waals surface area contributed by atoms with Crippen molar-refractivity contribution in [3.8, 4) is 17.2 Å². The topological polar surface area (TPSA) is 94.9 Å². The molecule has 10 heteroatoms. The summed E-state index contributed by atoms with van der Waals surface area (Å²) in [6.07, 6.45) is 1.61. The zero-order valence-electron chi connectivity index (χ0n) is 15.5. The molecule has 0 saturated carbocycles. The summed E-state index contributed by atoms with van der Waals surface area (Å²) in [5.41, 5.74) is 1.13. The Morgan fingerprint density at radius 1 is 1.17 bits per heavy atom. The van der Waals surface area contributed by atoms with Gasteiger partial charge in [-0.1, -0.05) is 29.4 Å².